The van der Waals surface area contributed by atoms with Gasteiger partial charge in [0.15, 0.2) is 0 Å². The molecular weight excluding hydrogens is 458 g/mol. The van der Waals surface area contributed by atoms with Crippen LogP contribution < -0.4 is 0 Å². The van der Waals surface area contributed by atoms with Gasteiger partial charge in [-0.2, -0.15) is 0 Å². The molecule has 0 saturated heterocycles. The zero-order valence-corrected chi connectivity index (χ0v) is 16.8. The van der Waals surface area contributed by atoms with Crippen LogP contribution in [-0.4, -0.2) is 49.2 Å². The molecule has 0 aliphatic rings. The normalized spacial score (nSPS) is 11.4. The number of hydrogen-bond donors (Lipinski definition) is 2. The minimum atomic E-state index is 0.0450. The van der Waals surface area contributed by atoms with Gasteiger partial charge in [0.25, 0.3) is 0 Å². The first-order valence-corrected chi connectivity index (χ1v) is 11.4. The molecule has 0 spiro atoms. The molecule has 2 N–H and O–H groups in total. The number of fused-ring (bicyclic) bond motifs is 2. The van der Waals surface area contributed by atoms with Crippen LogP contribution in [0.4, 0.5) is 0 Å². The molecule has 0 bridgehead atoms. The maximum absolute atomic E-state index is 10.1. The van der Waals surface area contributed by atoms with E-state index in [-0.39, 0.29) is 40.5 Å². The number of phenolic OH excluding ortho intramolecular Hbond substituents is 2. The second-order valence-electron chi connectivity index (χ2n) is 5.86. The van der Waals surface area contributed by atoms with Gasteiger partial charge in [-0.25, -0.2) is 0 Å². The van der Waals surface area contributed by atoms with E-state index in [1.807, 2.05) is 36.4 Å². The third-order valence-electron chi connectivity index (χ3n) is 4.17. The number of aromatic hydroxyl groups is 2. The summed E-state index contributed by atoms with van der Waals surface area (Å²) in [5.74, 6) is 0.551. The summed E-state index contributed by atoms with van der Waals surface area (Å²) in [5.41, 5.74) is 3.59. The van der Waals surface area contributed by atoms with E-state index < -0.39 is 0 Å². The first kappa shape index (κ1) is 15.9. The molecule has 26 heavy (non-hydrogen) atoms. The summed E-state index contributed by atoms with van der Waals surface area (Å²) in [6.45, 7) is 0. The zero-order valence-electron chi connectivity index (χ0n) is 13.4. The summed E-state index contributed by atoms with van der Waals surface area (Å²) >= 11 is 0.0900. The topological polar surface area (TPSA) is 66.2 Å². The van der Waals surface area contributed by atoms with E-state index in [2.05, 4.69) is 12.1 Å². The molecule has 3 aromatic carbocycles. The number of rotatable bonds is 2. The Hall–Kier alpha value is -2.36. The first-order valence-electron chi connectivity index (χ1n) is 7.97. The zero-order chi connectivity index (χ0) is 17.7. The fraction of sp³-hybridized carbons (Fsp3) is 0. The Morgan fingerprint density at radius 3 is 1.46 bits per heavy atom. The molecule has 0 radical (unpaired) electrons. The maximum atomic E-state index is 10.1. The molecule has 0 fully saturated rings. The standard InChI is InChI=1S/C20H12N2O2Se2/c23-15-7-3-1-5-11(15)19-21-13-9-18-14(10-17(13)25-19)22-20(26-18)12-6-2-4-8-16(12)24/h1-10,23-24H. The third-order valence-corrected chi connectivity index (χ3v) is 8.58. The summed E-state index contributed by atoms with van der Waals surface area (Å²) in [6, 6.07) is 18.9. The molecule has 6 heteroatoms. The number of phenols is 2. The number of aromatic nitrogens is 2. The average molecular weight is 470 g/mol. The number of benzene rings is 3. The van der Waals surface area contributed by atoms with Crippen LogP contribution in [0.3, 0.4) is 0 Å². The van der Waals surface area contributed by atoms with Crippen molar-refractivity contribution >= 4 is 48.6 Å². The summed E-state index contributed by atoms with van der Waals surface area (Å²) in [4.78, 5) is 9.54. The van der Waals surface area contributed by atoms with E-state index >= 15 is 0 Å². The van der Waals surface area contributed by atoms with Crippen LogP contribution in [0.15, 0.2) is 60.7 Å². The van der Waals surface area contributed by atoms with E-state index in [0.717, 1.165) is 31.3 Å². The Balaban J connectivity index is 1.66. The van der Waals surface area contributed by atoms with Gasteiger partial charge >= 0.3 is 161 Å². The molecule has 0 aliphatic carbocycles. The van der Waals surface area contributed by atoms with Crippen LogP contribution in [-0.2, 0) is 0 Å². The molecule has 2 heterocycles. The van der Waals surface area contributed by atoms with E-state index in [0.29, 0.717) is 0 Å². The van der Waals surface area contributed by atoms with Gasteiger partial charge in [-0.15, -0.1) is 0 Å². The Bertz CT molecular complexity index is 1130. The minimum absolute atomic E-state index is 0.0450. The van der Waals surface area contributed by atoms with Gasteiger partial charge in [-0.1, -0.05) is 0 Å². The van der Waals surface area contributed by atoms with Crippen LogP contribution in [0.2, 0.25) is 0 Å². The van der Waals surface area contributed by atoms with Crippen molar-refractivity contribution < 1.29 is 10.2 Å². The Morgan fingerprint density at radius 2 is 1.04 bits per heavy atom. The van der Waals surface area contributed by atoms with Crippen molar-refractivity contribution in [1.82, 2.24) is 9.97 Å². The van der Waals surface area contributed by atoms with Gasteiger partial charge in [-0.05, 0) is 0 Å². The predicted octanol–water partition coefficient (Wildman–Crippen LogP) is 3.64. The van der Waals surface area contributed by atoms with Crippen LogP contribution >= 0.6 is 0 Å². The van der Waals surface area contributed by atoms with E-state index in [1.165, 1.54) is 8.52 Å². The van der Waals surface area contributed by atoms with Crippen molar-refractivity contribution in [3.8, 4) is 31.8 Å². The van der Waals surface area contributed by atoms with E-state index in [4.69, 9.17) is 9.97 Å². The van der Waals surface area contributed by atoms with Crippen molar-refractivity contribution in [3.63, 3.8) is 0 Å². The van der Waals surface area contributed by atoms with Crippen LogP contribution in [0.25, 0.3) is 39.8 Å². The fourth-order valence-corrected chi connectivity index (χ4v) is 7.15. The molecule has 0 aliphatic heterocycles. The summed E-state index contributed by atoms with van der Waals surface area (Å²) in [5, 5.41) is 20.2. The molecule has 126 valence electrons. The molecule has 2 aromatic heterocycles. The Labute approximate surface area is 160 Å². The van der Waals surface area contributed by atoms with Crippen LogP contribution in [0, 0.1) is 0 Å². The van der Waals surface area contributed by atoms with Gasteiger partial charge in [0.2, 0.25) is 0 Å². The quantitative estimate of drug-likeness (QED) is 0.387. The monoisotopic (exact) mass is 472 g/mol. The molecule has 5 rings (SSSR count). The Kier molecular flexibility index (Phi) is 3.73. The summed E-state index contributed by atoms with van der Waals surface area (Å²) in [7, 11) is 0. The summed E-state index contributed by atoms with van der Waals surface area (Å²) < 4.78 is 4.28. The van der Waals surface area contributed by atoms with Gasteiger partial charge < -0.3 is 0 Å². The molecule has 0 atom stereocenters. The van der Waals surface area contributed by atoms with Crippen molar-refractivity contribution in [3.05, 3.63) is 60.7 Å². The number of hydrogen-bond acceptors (Lipinski definition) is 4. The third kappa shape index (κ3) is 2.59. The average Bonchev–Trinajstić information content (AvgIpc) is 3.23. The number of nitrogens with zero attached hydrogens (tertiary/aromatic N) is 2. The first-order chi connectivity index (χ1) is 12.7. The van der Waals surface area contributed by atoms with Gasteiger partial charge in [0, 0.05) is 0 Å². The van der Waals surface area contributed by atoms with Crippen molar-refractivity contribution in [2.45, 2.75) is 0 Å². The predicted molar refractivity (Wildman–Crippen MR) is 105 cm³/mol. The van der Waals surface area contributed by atoms with Crippen molar-refractivity contribution in [2.24, 2.45) is 0 Å². The second kappa shape index (κ2) is 6.11. The molecule has 5 aromatic rings. The fourth-order valence-electron chi connectivity index (χ4n) is 2.89. The molecular formula is C20H12N2O2Se2. The van der Waals surface area contributed by atoms with Gasteiger partial charge in [-0.3, -0.25) is 0 Å². The second-order valence-corrected chi connectivity index (χ2v) is 10.2. The molecule has 4 nitrogen and oxygen atoms in total. The number of para-hydroxylation sites is 2. The molecule has 0 amide bonds. The SMILES string of the molecule is Oc1ccccc1-c1nc2cc3[se]c(-c4ccccc4O)nc3cc2[se]1. The molecule has 0 saturated carbocycles. The van der Waals surface area contributed by atoms with E-state index in [9.17, 15) is 10.2 Å². The Morgan fingerprint density at radius 1 is 0.615 bits per heavy atom. The summed E-state index contributed by atoms with van der Waals surface area (Å²) in [6.07, 6.45) is 0. The van der Waals surface area contributed by atoms with Crippen molar-refractivity contribution in [2.75, 3.05) is 0 Å². The van der Waals surface area contributed by atoms with Crippen molar-refractivity contribution in [1.29, 1.82) is 0 Å². The van der Waals surface area contributed by atoms with Crippen LogP contribution in [0.1, 0.15) is 0 Å². The van der Waals surface area contributed by atoms with Gasteiger partial charge in [0.05, 0.1) is 0 Å². The van der Waals surface area contributed by atoms with E-state index in [1.54, 1.807) is 12.1 Å². The van der Waals surface area contributed by atoms with Crippen LogP contribution in [0.5, 0.6) is 11.5 Å². The van der Waals surface area contributed by atoms with Gasteiger partial charge in [0.1, 0.15) is 0 Å². The molecule has 0 unspecified atom stereocenters.